The molecular formula is C10H24N4O2S. The van der Waals surface area contributed by atoms with Crippen LogP contribution in [-0.4, -0.2) is 63.9 Å². The van der Waals surface area contributed by atoms with E-state index in [4.69, 9.17) is 5.73 Å². The van der Waals surface area contributed by atoms with Crippen LogP contribution in [0.25, 0.3) is 0 Å². The third-order valence-electron chi connectivity index (χ3n) is 3.07. The molecule has 3 N–H and O–H groups in total. The molecule has 0 bridgehead atoms. The van der Waals surface area contributed by atoms with Gasteiger partial charge in [-0.1, -0.05) is 0 Å². The predicted octanol–water partition coefficient (Wildman–Crippen LogP) is -0.803. The molecule has 0 radical (unpaired) electrons. The summed E-state index contributed by atoms with van der Waals surface area (Å²) >= 11 is 0. The van der Waals surface area contributed by atoms with Crippen LogP contribution in [-0.2, 0) is 10.2 Å². The highest BCUT2D eigenvalue weighted by Gasteiger charge is 2.23. The monoisotopic (exact) mass is 264 g/mol. The lowest BCUT2D eigenvalue weighted by Gasteiger charge is -2.21. The summed E-state index contributed by atoms with van der Waals surface area (Å²) in [6, 6.07) is 0. The first-order valence-corrected chi connectivity index (χ1v) is 7.65. The van der Waals surface area contributed by atoms with Crippen molar-refractivity contribution in [2.45, 2.75) is 19.3 Å². The molecule has 1 heterocycles. The molecule has 17 heavy (non-hydrogen) atoms. The molecule has 7 heteroatoms. The Morgan fingerprint density at radius 3 is 2.59 bits per heavy atom. The van der Waals surface area contributed by atoms with Gasteiger partial charge in [-0.25, -0.2) is 4.72 Å². The van der Waals surface area contributed by atoms with E-state index in [0.29, 0.717) is 13.1 Å². The van der Waals surface area contributed by atoms with Crippen molar-refractivity contribution < 1.29 is 8.42 Å². The van der Waals surface area contributed by atoms with Gasteiger partial charge < -0.3 is 10.6 Å². The van der Waals surface area contributed by atoms with Gasteiger partial charge in [-0.05, 0) is 38.9 Å². The Labute approximate surface area is 104 Å². The Hall–Kier alpha value is -0.210. The average Bonchev–Trinajstić information content (AvgIpc) is 2.55. The molecule has 6 nitrogen and oxygen atoms in total. The van der Waals surface area contributed by atoms with E-state index in [1.165, 1.54) is 11.4 Å². The Balaban J connectivity index is 2.39. The van der Waals surface area contributed by atoms with E-state index in [-0.39, 0.29) is 0 Å². The molecule has 0 spiro atoms. The standard InChI is InChI=1S/C10H24N4O2S/c1-12-17(15,16)14-8-4-7-13(9-10-14)6-3-2-5-11/h12H,2-11H2,1H3. The normalized spacial score (nSPS) is 20.4. The molecule has 0 aliphatic carbocycles. The molecule has 0 unspecified atom stereocenters. The van der Waals surface area contributed by atoms with Crippen LogP contribution >= 0.6 is 0 Å². The summed E-state index contributed by atoms with van der Waals surface area (Å²) in [4.78, 5) is 2.32. The largest absolute Gasteiger partial charge is 0.330 e. The first-order chi connectivity index (χ1) is 8.10. The zero-order valence-electron chi connectivity index (χ0n) is 10.6. The van der Waals surface area contributed by atoms with Gasteiger partial charge in [0.2, 0.25) is 0 Å². The zero-order valence-corrected chi connectivity index (χ0v) is 11.4. The first kappa shape index (κ1) is 14.8. The van der Waals surface area contributed by atoms with E-state index < -0.39 is 10.2 Å². The number of nitrogens with zero attached hydrogens (tertiary/aromatic N) is 2. The Kier molecular flexibility index (Phi) is 6.35. The van der Waals surface area contributed by atoms with Gasteiger partial charge in [0.1, 0.15) is 0 Å². The molecule has 0 aromatic rings. The fourth-order valence-corrected chi connectivity index (χ4v) is 2.97. The SMILES string of the molecule is CNS(=O)(=O)N1CCCN(CCCCN)CC1. The van der Waals surface area contributed by atoms with E-state index in [1.54, 1.807) is 0 Å². The maximum Gasteiger partial charge on any atom is 0.279 e. The van der Waals surface area contributed by atoms with E-state index >= 15 is 0 Å². The van der Waals surface area contributed by atoms with Crippen molar-refractivity contribution in [3.05, 3.63) is 0 Å². The molecule has 0 atom stereocenters. The summed E-state index contributed by atoms with van der Waals surface area (Å²) in [5.74, 6) is 0. The van der Waals surface area contributed by atoms with Crippen LogP contribution in [0.3, 0.4) is 0 Å². The fourth-order valence-electron chi connectivity index (χ4n) is 2.02. The second kappa shape index (κ2) is 7.27. The van der Waals surface area contributed by atoms with Gasteiger partial charge in [0.15, 0.2) is 0 Å². The third kappa shape index (κ3) is 4.89. The van der Waals surface area contributed by atoms with Crippen LogP contribution in [0.4, 0.5) is 0 Å². The number of nitrogens with one attached hydrogen (secondary N) is 1. The summed E-state index contributed by atoms with van der Waals surface area (Å²) in [5, 5.41) is 0. The van der Waals surface area contributed by atoms with Crippen molar-refractivity contribution in [3.8, 4) is 0 Å². The summed E-state index contributed by atoms with van der Waals surface area (Å²) < 4.78 is 27.2. The molecule has 0 aromatic heterocycles. The van der Waals surface area contributed by atoms with Crippen molar-refractivity contribution in [3.63, 3.8) is 0 Å². The Bertz CT molecular complexity index is 307. The van der Waals surface area contributed by atoms with Crippen LogP contribution < -0.4 is 10.5 Å². The lowest BCUT2D eigenvalue weighted by molar-refractivity contribution is 0.281. The summed E-state index contributed by atoms with van der Waals surface area (Å²) in [7, 11) is -1.80. The van der Waals surface area contributed by atoms with E-state index in [9.17, 15) is 8.42 Å². The van der Waals surface area contributed by atoms with Crippen LogP contribution in [0.5, 0.6) is 0 Å². The van der Waals surface area contributed by atoms with Gasteiger partial charge in [0.25, 0.3) is 10.2 Å². The summed E-state index contributed by atoms with van der Waals surface area (Å²) in [6.45, 7) is 4.72. The lowest BCUT2D eigenvalue weighted by atomic mass is 10.3. The highest BCUT2D eigenvalue weighted by atomic mass is 32.2. The summed E-state index contributed by atoms with van der Waals surface area (Å²) in [6.07, 6.45) is 3.02. The first-order valence-electron chi connectivity index (χ1n) is 6.21. The molecule has 1 aliphatic heterocycles. The molecule has 1 aliphatic rings. The number of unbranched alkanes of at least 4 members (excludes halogenated alkanes) is 1. The van der Waals surface area contributed by atoms with E-state index in [2.05, 4.69) is 9.62 Å². The minimum atomic E-state index is -3.26. The van der Waals surface area contributed by atoms with Crippen LogP contribution in [0, 0.1) is 0 Å². The van der Waals surface area contributed by atoms with E-state index in [1.807, 2.05) is 0 Å². The van der Waals surface area contributed by atoms with Gasteiger partial charge in [-0.3, -0.25) is 0 Å². The van der Waals surface area contributed by atoms with Gasteiger partial charge in [-0.2, -0.15) is 12.7 Å². The number of rotatable bonds is 6. The van der Waals surface area contributed by atoms with Crippen molar-refractivity contribution in [1.29, 1.82) is 0 Å². The average molecular weight is 264 g/mol. The quantitative estimate of drug-likeness (QED) is 0.616. The van der Waals surface area contributed by atoms with Crippen LogP contribution in [0.1, 0.15) is 19.3 Å². The third-order valence-corrected chi connectivity index (χ3v) is 4.63. The van der Waals surface area contributed by atoms with Crippen molar-refractivity contribution >= 4 is 10.2 Å². The van der Waals surface area contributed by atoms with Crippen molar-refractivity contribution in [2.24, 2.45) is 5.73 Å². The zero-order chi connectivity index (χ0) is 12.7. The van der Waals surface area contributed by atoms with Crippen LogP contribution in [0.2, 0.25) is 0 Å². The predicted molar refractivity (Wildman–Crippen MR) is 68.9 cm³/mol. The topological polar surface area (TPSA) is 78.7 Å². The molecule has 0 saturated carbocycles. The van der Waals surface area contributed by atoms with Crippen molar-refractivity contribution in [1.82, 2.24) is 13.9 Å². The summed E-state index contributed by atoms with van der Waals surface area (Å²) in [5.41, 5.74) is 5.46. The molecule has 0 amide bonds. The smallest absolute Gasteiger partial charge is 0.279 e. The van der Waals surface area contributed by atoms with Crippen LogP contribution in [0.15, 0.2) is 0 Å². The molecule has 1 saturated heterocycles. The Morgan fingerprint density at radius 2 is 1.94 bits per heavy atom. The van der Waals surface area contributed by atoms with E-state index in [0.717, 1.165) is 45.4 Å². The highest BCUT2D eigenvalue weighted by molar-refractivity contribution is 7.87. The highest BCUT2D eigenvalue weighted by Crippen LogP contribution is 2.07. The second-order valence-corrected chi connectivity index (χ2v) is 6.17. The fraction of sp³-hybridized carbons (Fsp3) is 1.00. The maximum atomic E-state index is 11.7. The number of nitrogens with two attached hydrogens (primary N) is 1. The minimum Gasteiger partial charge on any atom is -0.330 e. The second-order valence-electron chi connectivity index (χ2n) is 4.30. The van der Waals surface area contributed by atoms with Gasteiger partial charge in [0.05, 0.1) is 0 Å². The maximum absolute atomic E-state index is 11.7. The minimum absolute atomic E-state index is 0.575. The lowest BCUT2D eigenvalue weighted by Crippen LogP contribution is -2.41. The number of hydrogen-bond donors (Lipinski definition) is 2. The van der Waals surface area contributed by atoms with Gasteiger partial charge >= 0.3 is 0 Å². The molecule has 1 fully saturated rings. The molecule has 1 rings (SSSR count). The molecular weight excluding hydrogens is 240 g/mol. The molecule has 102 valence electrons. The molecule has 0 aromatic carbocycles. The van der Waals surface area contributed by atoms with Crippen molar-refractivity contribution in [2.75, 3.05) is 46.3 Å². The Morgan fingerprint density at radius 1 is 1.18 bits per heavy atom. The number of hydrogen-bond acceptors (Lipinski definition) is 4. The van der Waals surface area contributed by atoms with Gasteiger partial charge in [-0.15, -0.1) is 0 Å². The van der Waals surface area contributed by atoms with Gasteiger partial charge in [0, 0.05) is 26.7 Å².